The Morgan fingerprint density at radius 1 is 1.62 bits per heavy atom. The molecule has 1 amide bonds. The number of rotatable bonds is 1. The minimum Gasteiger partial charge on any atom is -0.340 e. The molecule has 0 spiro atoms. The normalized spacial score (nSPS) is 19.7. The number of hydrogen-bond acceptors (Lipinski definition) is 5. The van der Waals surface area contributed by atoms with E-state index in [0.29, 0.717) is 0 Å². The highest BCUT2D eigenvalue weighted by Gasteiger charge is 2.33. The third-order valence-electron chi connectivity index (χ3n) is 1.72. The summed E-state index contributed by atoms with van der Waals surface area (Å²) in [5, 5.41) is 12.8. The van der Waals surface area contributed by atoms with E-state index in [-0.39, 0.29) is 23.7 Å². The lowest BCUT2D eigenvalue weighted by molar-refractivity contribution is -0.426. The second-order valence-corrected chi connectivity index (χ2v) is 2.46. The molecule has 0 radical (unpaired) electrons. The van der Waals surface area contributed by atoms with Crippen LogP contribution in [-0.4, -0.2) is 29.4 Å². The summed E-state index contributed by atoms with van der Waals surface area (Å²) in [6.45, 7) is -0.0997. The van der Waals surface area contributed by atoms with Gasteiger partial charge in [-0.1, -0.05) is 0 Å². The van der Waals surface area contributed by atoms with Gasteiger partial charge in [-0.15, -0.1) is 0 Å². The highest BCUT2D eigenvalue weighted by Crippen LogP contribution is 2.16. The smallest absolute Gasteiger partial charge is 0.293 e. The van der Waals surface area contributed by atoms with E-state index in [1.54, 1.807) is 0 Å². The first-order valence-electron chi connectivity index (χ1n) is 3.46. The molecule has 0 aliphatic carbocycles. The van der Waals surface area contributed by atoms with Crippen LogP contribution in [0.2, 0.25) is 0 Å². The fourth-order valence-corrected chi connectivity index (χ4v) is 1.13. The molecule has 66 valence electrons. The number of aliphatic imine (C=N–C) groups is 2. The summed E-state index contributed by atoms with van der Waals surface area (Å²) in [5.74, 6) is -0.418. The molecule has 0 atom stereocenters. The van der Waals surface area contributed by atoms with Gasteiger partial charge in [0, 0.05) is 0 Å². The van der Waals surface area contributed by atoms with Crippen molar-refractivity contribution in [2.75, 3.05) is 6.54 Å². The fourth-order valence-electron chi connectivity index (χ4n) is 1.13. The van der Waals surface area contributed by atoms with Crippen LogP contribution in [0.4, 0.5) is 0 Å². The molecule has 0 aromatic rings. The zero-order chi connectivity index (χ0) is 9.42. The van der Waals surface area contributed by atoms with E-state index in [2.05, 4.69) is 15.3 Å². The minimum absolute atomic E-state index is 0.0259. The van der Waals surface area contributed by atoms with Gasteiger partial charge in [-0.2, -0.15) is 0 Å². The topological polar surface area (TPSA) is 97.0 Å². The first-order valence-corrected chi connectivity index (χ1v) is 3.46. The lowest BCUT2D eigenvalue weighted by Crippen LogP contribution is -2.39. The molecule has 7 nitrogen and oxygen atoms in total. The number of nitro groups is 1. The van der Waals surface area contributed by atoms with Crippen molar-refractivity contribution >= 4 is 18.0 Å². The SMILES string of the molecule is O=C1NCC([N+](=O)[O-])=C2N=CN=C12. The zero-order valence-corrected chi connectivity index (χ0v) is 6.35. The predicted octanol–water partition coefficient (Wildman–Crippen LogP) is -0.913. The summed E-state index contributed by atoms with van der Waals surface area (Å²) in [5.41, 5.74) is -0.0150. The van der Waals surface area contributed by atoms with E-state index in [4.69, 9.17) is 0 Å². The van der Waals surface area contributed by atoms with E-state index in [1.165, 1.54) is 0 Å². The van der Waals surface area contributed by atoms with Gasteiger partial charge >= 0.3 is 0 Å². The van der Waals surface area contributed by atoms with Gasteiger partial charge in [-0.3, -0.25) is 14.9 Å². The Kier molecular flexibility index (Phi) is 1.44. The minimum atomic E-state index is -0.563. The van der Waals surface area contributed by atoms with E-state index in [0.717, 1.165) is 6.34 Å². The van der Waals surface area contributed by atoms with E-state index < -0.39 is 10.8 Å². The molecule has 2 aliphatic rings. The van der Waals surface area contributed by atoms with Gasteiger partial charge in [-0.05, 0) is 0 Å². The highest BCUT2D eigenvalue weighted by molar-refractivity contribution is 6.48. The lowest BCUT2D eigenvalue weighted by Gasteiger charge is -2.10. The largest absolute Gasteiger partial charge is 0.340 e. The van der Waals surface area contributed by atoms with Crippen LogP contribution in [0.15, 0.2) is 21.4 Å². The molecule has 0 aromatic heterocycles. The van der Waals surface area contributed by atoms with Crippen molar-refractivity contribution in [2.24, 2.45) is 9.98 Å². The Hall–Kier alpha value is -2.05. The van der Waals surface area contributed by atoms with Crippen molar-refractivity contribution in [1.29, 1.82) is 0 Å². The van der Waals surface area contributed by atoms with Crippen molar-refractivity contribution in [2.45, 2.75) is 0 Å². The molecule has 13 heavy (non-hydrogen) atoms. The third-order valence-corrected chi connectivity index (χ3v) is 1.72. The molecule has 2 heterocycles. The van der Waals surface area contributed by atoms with Crippen LogP contribution in [0.5, 0.6) is 0 Å². The Morgan fingerprint density at radius 3 is 3.08 bits per heavy atom. The van der Waals surface area contributed by atoms with Crippen LogP contribution in [0.25, 0.3) is 0 Å². The van der Waals surface area contributed by atoms with Gasteiger partial charge in [-0.25, -0.2) is 9.98 Å². The van der Waals surface area contributed by atoms with Crippen LogP contribution in [0, 0.1) is 10.1 Å². The van der Waals surface area contributed by atoms with Gasteiger partial charge in [0.25, 0.3) is 11.6 Å². The summed E-state index contributed by atoms with van der Waals surface area (Å²) >= 11 is 0. The molecule has 0 bridgehead atoms. The van der Waals surface area contributed by atoms with Crippen molar-refractivity contribution in [3.8, 4) is 0 Å². The number of amides is 1. The standard InChI is InChI=1S/C6H4N4O3/c11-6-5-4(8-2-9-5)3(1-7-6)10(12)13/h2H,1H2,(H,7,11). The quantitative estimate of drug-likeness (QED) is 0.417. The van der Waals surface area contributed by atoms with E-state index in [9.17, 15) is 14.9 Å². The van der Waals surface area contributed by atoms with Gasteiger partial charge in [0.15, 0.2) is 11.4 Å². The summed E-state index contributed by atoms with van der Waals surface area (Å²) < 4.78 is 0. The Bertz CT molecular complexity index is 393. The van der Waals surface area contributed by atoms with E-state index in [1.807, 2.05) is 0 Å². The molecule has 0 unspecified atom stereocenters. The van der Waals surface area contributed by atoms with Crippen molar-refractivity contribution < 1.29 is 9.72 Å². The first-order chi connectivity index (χ1) is 6.20. The van der Waals surface area contributed by atoms with Crippen molar-refractivity contribution in [1.82, 2.24) is 5.32 Å². The number of carbonyl (C=O) groups is 1. The van der Waals surface area contributed by atoms with Gasteiger partial charge in [0.05, 0.1) is 4.92 Å². The maximum absolute atomic E-state index is 11.1. The highest BCUT2D eigenvalue weighted by atomic mass is 16.6. The Balaban J connectivity index is 2.53. The molecule has 2 rings (SSSR count). The maximum atomic E-state index is 11.1. The average molecular weight is 180 g/mol. The number of carbonyl (C=O) groups excluding carboxylic acids is 1. The number of nitrogens with one attached hydrogen (secondary N) is 1. The summed E-state index contributed by atoms with van der Waals surface area (Å²) in [6, 6.07) is 0. The van der Waals surface area contributed by atoms with Crippen molar-refractivity contribution in [3.63, 3.8) is 0 Å². The zero-order valence-electron chi connectivity index (χ0n) is 6.35. The fraction of sp³-hybridized carbons (Fsp3) is 0.167. The molecule has 1 N–H and O–H groups in total. The molecule has 0 saturated heterocycles. The predicted molar refractivity (Wildman–Crippen MR) is 43.0 cm³/mol. The third kappa shape index (κ3) is 1.01. The Labute approximate surface area is 72.0 Å². The van der Waals surface area contributed by atoms with Crippen LogP contribution < -0.4 is 5.32 Å². The van der Waals surface area contributed by atoms with E-state index >= 15 is 0 Å². The van der Waals surface area contributed by atoms with Gasteiger partial charge in [0.1, 0.15) is 12.9 Å². The van der Waals surface area contributed by atoms with Crippen LogP contribution in [0.3, 0.4) is 0 Å². The number of fused-ring (bicyclic) bond motifs is 1. The van der Waals surface area contributed by atoms with Crippen LogP contribution in [-0.2, 0) is 4.79 Å². The second kappa shape index (κ2) is 2.47. The molecule has 0 saturated carbocycles. The van der Waals surface area contributed by atoms with Gasteiger partial charge < -0.3 is 5.32 Å². The monoisotopic (exact) mass is 180 g/mol. The van der Waals surface area contributed by atoms with Crippen LogP contribution >= 0.6 is 0 Å². The maximum Gasteiger partial charge on any atom is 0.293 e. The van der Waals surface area contributed by atoms with Gasteiger partial charge in [0.2, 0.25) is 0 Å². The molecular weight excluding hydrogens is 176 g/mol. The summed E-state index contributed by atoms with van der Waals surface area (Å²) in [6.07, 6.45) is 1.14. The molecule has 2 aliphatic heterocycles. The average Bonchev–Trinajstić information content (AvgIpc) is 2.53. The molecule has 0 aromatic carbocycles. The molecule has 7 heteroatoms. The molecule has 0 fully saturated rings. The lowest BCUT2D eigenvalue weighted by atomic mass is 10.1. The number of nitrogens with zero attached hydrogens (tertiary/aromatic N) is 3. The Morgan fingerprint density at radius 2 is 2.38 bits per heavy atom. The molecular formula is C6H4N4O3. The second-order valence-electron chi connectivity index (χ2n) is 2.46. The summed E-state index contributed by atoms with van der Waals surface area (Å²) in [4.78, 5) is 28.3. The first kappa shape index (κ1) is 7.59. The van der Waals surface area contributed by atoms with Crippen LogP contribution in [0.1, 0.15) is 0 Å². The number of hydrogen-bond donors (Lipinski definition) is 1. The summed E-state index contributed by atoms with van der Waals surface area (Å²) in [7, 11) is 0. The van der Waals surface area contributed by atoms with Crippen molar-refractivity contribution in [3.05, 3.63) is 21.5 Å².